The number of hydrogen-bond acceptors (Lipinski definition) is 4. The predicted octanol–water partition coefficient (Wildman–Crippen LogP) is 1.92. The molecule has 0 bridgehead atoms. The molecule has 2 N–H and O–H groups in total. The van der Waals surface area contributed by atoms with Crippen LogP contribution in [0.15, 0.2) is 42.6 Å². The van der Waals surface area contributed by atoms with E-state index in [4.69, 9.17) is 5.73 Å². The van der Waals surface area contributed by atoms with Crippen LogP contribution in [0.25, 0.3) is 11.0 Å². The van der Waals surface area contributed by atoms with Gasteiger partial charge in [-0.15, -0.1) is 0 Å². The van der Waals surface area contributed by atoms with E-state index in [-0.39, 0.29) is 5.91 Å². The third-order valence-corrected chi connectivity index (χ3v) is 4.31. The van der Waals surface area contributed by atoms with Gasteiger partial charge >= 0.3 is 0 Å². The fourth-order valence-electron chi connectivity index (χ4n) is 2.99. The Morgan fingerprint density at radius 2 is 2.00 bits per heavy atom. The summed E-state index contributed by atoms with van der Waals surface area (Å²) in [7, 11) is 1.85. The summed E-state index contributed by atoms with van der Waals surface area (Å²) in [6.07, 6.45) is 2.42. The molecule has 2 heterocycles. The summed E-state index contributed by atoms with van der Waals surface area (Å²) in [5.41, 5.74) is 9.14. The smallest absolute Gasteiger partial charge is 0.255 e. The van der Waals surface area contributed by atoms with Crippen LogP contribution in [-0.2, 0) is 13.5 Å². The predicted molar refractivity (Wildman–Crippen MR) is 98.3 cm³/mol. The number of hydrogen-bond donors (Lipinski definition) is 1. The monoisotopic (exact) mass is 337 g/mol. The van der Waals surface area contributed by atoms with Gasteiger partial charge in [0.05, 0.1) is 11.3 Å². The van der Waals surface area contributed by atoms with Gasteiger partial charge in [0.1, 0.15) is 0 Å². The van der Waals surface area contributed by atoms with Crippen molar-refractivity contribution in [3.05, 3.63) is 59.4 Å². The van der Waals surface area contributed by atoms with E-state index >= 15 is 0 Å². The number of benzene rings is 1. The lowest BCUT2D eigenvalue weighted by atomic mass is 10.1. The lowest BCUT2D eigenvalue weighted by Gasteiger charge is -2.22. The van der Waals surface area contributed by atoms with Gasteiger partial charge in [0.15, 0.2) is 5.65 Å². The van der Waals surface area contributed by atoms with Crippen molar-refractivity contribution in [3.8, 4) is 0 Å². The summed E-state index contributed by atoms with van der Waals surface area (Å²) in [5, 5.41) is 5.26. The summed E-state index contributed by atoms with van der Waals surface area (Å²) in [5.74, 6) is -0.0426. The highest BCUT2D eigenvalue weighted by Crippen LogP contribution is 2.17. The lowest BCUT2D eigenvalue weighted by molar-refractivity contribution is 0.0762. The molecule has 1 aromatic carbocycles. The van der Waals surface area contributed by atoms with E-state index in [2.05, 4.69) is 22.2 Å². The van der Waals surface area contributed by atoms with Crippen LogP contribution in [0, 0.1) is 6.92 Å². The number of nitrogens with two attached hydrogens (primary N) is 1. The zero-order valence-electron chi connectivity index (χ0n) is 14.6. The fourth-order valence-corrected chi connectivity index (χ4v) is 2.99. The zero-order valence-corrected chi connectivity index (χ0v) is 14.6. The Hall–Kier alpha value is -2.73. The van der Waals surface area contributed by atoms with Crippen LogP contribution in [-0.4, -0.2) is 45.2 Å². The van der Waals surface area contributed by atoms with Crippen LogP contribution in [0.3, 0.4) is 0 Å². The van der Waals surface area contributed by atoms with Crippen LogP contribution in [0.2, 0.25) is 0 Å². The van der Waals surface area contributed by atoms with Gasteiger partial charge in [0.2, 0.25) is 0 Å². The summed E-state index contributed by atoms with van der Waals surface area (Å²) in [6, 6.07) is 12.0. The van der Waals surface area contributed by atoms with Gasteiger partial charge in [0, 0.05) is 38.3 Å². The molecule has 1 amide bonds. The van der Waals surface area contributed by atoms with Crippen LogP contribution in [0.5, 0.6) is 0 Å². The molecule has 0 aliphatic heterocycles. The van der Waals surface area contributed by atoms with Gasteiger partial charge in [-0.1, -0.05) is 30.3 Å². The molecule has 25 heavy (non-hydrogen) atoms. The Kier molecular flexibility index (Phi) is 5.09. The average molecular weight is 337 g/mol. The van der Waals surface area contributed by atoms with Crippen molar-refractivity contribution in [2.24, 2.45) is 12.8 Å². The van der Waals surface area contributed by atoms with Gasteiger partial charge in [-0.2, -0.15) is 5.10 Å². The third-order valence-electron chi connectivity index (χ3n) is 4.31. The second-order valence-corrected chi connectivity index (χ2v) is 6.12. The molecule has 0 aliphatic rings. The summed E-state index contributed by atoms with van der Waals surface area (Å²) in [4.78, 5) is 19.1. The summed E-state index contributed by atoms with van der Waals surface area (Å²) in [6.45, 7) is 3.51. The van der Waals surface area contributed by atoms with Gasteiger partial charge in [0.25, 0.3) is 5.91 Å². The highest BCUT2D eigenvalue weighted by atomic mass is 16.2. The first-order valence-electron chi connectivity index (χ1n) is 8.42. The quantitative estimate of drug-likeness (QED) is 0.745. The van der Waals surface area contributed by atoms with Crippen molar-refractivity contribution in [1.82, 2.24) is 19.7 Å². The largest absolute Gasteiger partial charge is 0.337 e. The molecule has 0 saturated carbocycles. The SMILES string of the molecule is Cc1nn(C)c2ncc(C(=O)N(CCN)CCc3ccccc3)cc12. The van der Waals surface area contributed by atoms with Crippen molar-refractivity contribution in [3.63, 3.8) is 0 Å². The van der Waals surface area contributed by atoms with Crippen molar-refractivity contribution >= 4 is 16.9 Å². The van der Waals surface area contributed by atoms with Crippen LogP contribution in [0.4, 0.5) is 0 Å². The van der Waals surface area contributed by atoms with Crippen LogP contribution in [0.1, 0.15) is 21.6 Å². The van der Waals surface area contributed by atoms with Crippen LogP contribution >= 0.6 is 0 Å². The Balaban J connectivity index is 1.81. The maximum Gasteiger partial charge on any atom is 0.255 e. The zero-order chi connectivity index (χ0) is 17.8. The Morgan fingerprint density at radius 1 is 1.24 bits per heavy atom. The number of carbonyl (C=O) groups is 1. The first kappa shape index (κ1) is 17.1. The van der Waals surface area contributed by atoms with Gasteiger partial charge < -0.3 is 10.6 Å². The third kappa shape index (κ3) is 3.69. The first-order chi connectivity index (χ1) is 12.1. The molecule has 3 aromatic rings. The highest BCUT2D eigenvalue weighted by Gasteiger charge is 2.17. The van der Waals surface area contributed by atoms with Crippen molar-refractivity contribution < 1.29 is 4.79 Å². The minimum Gasteiger partial charge on any atom is -0.337 e. The number of rotatable bonds is 6. The summed E-state index contributed by atoms with van der Waals surface area (Å²) < 4.78 is 1.73. The van der Waals surface area contributed by atoms with Crippen molar-refractivity contribution in [2.45, 2.75) is 13.3 Å². The molecule has 130 valence electrons. The van der Waals surface area contributed by atoms with E-state index in [0.29, 0.717) is 25.2 Å². The van der Waals surface area contributed by atoms with Crippen molar-refractivity contribution in [2.75, 3.05) is 19.6 Å². The maximum atomic E-state index is 12.9. The molecule has 6 heteroatoms. The average Bonchev–Trinajstić information content (AvgIpc) is 2.92. The minimum absolute atomic E-state index is 0.0426. The second kappa shape index (κ2) is 7.44. The van der Waals surface area contributed by atoms with Gasteiger partial charge in [-0.05, 0) is 25.0 Å². The van der Waals surface area contributed by atoms with Gasteiger partial charge in [-0.3, -0.25) is 9.48 Å². The molecule has 2 aromatic heterocycles. The molecule has 0 radical (unpaired) electrons. The van der Waals surface area contributed by atoms with E-state index in [1.807, 2.05) is 38.2 Å². The van der Waals surface area contributed by atoms with E-state index in [1.165, 1.54) is 5.56 Å². The second-order valence-electron chi connectivity index (χ2n) is 6.12. The fraction of sp³-hybridized carbons (Fsp3) is 0.316. The minimum atomic E-state index is -0.0426. The molecule has 0 unspecified atom stereocenters. The molecule has 6 nitrogen and oxygen atoms in total. The summed E-state index contributed by atoms with van der Waals surface area (Å²) >= 11 is 0. The molecular formula is C19H23N5O. The molecule has 0 atom stereocenters. The Labute approximate surface area is 147 Å². The Bertz CT molecular complexity index is 872. The number of aryl methyl sites for hydroxylation is 2. The van der Waals surface area contributed by atoms with E-state index in [0.717, 1.165) is 23.1 Å². The van der Waals surface area contributed by atoms with Crippen molar-refractivity contribution in [1.29, 1.82) is 0 Å². The van der Waals surface area contributed by atoms with Crippen LogP contribution < -0.4 is 5.73 Å². The number of aromatic nitrogens is 3. The topological polar surface area (TPSA) is 77.0 Å². The Morgan fingerprint density at radius 3 is 2.72 bits per heavy atom. The normalized spacial score (nSPS) is 11.0. The molecular weight excluding hydrogens is 314 g/mol. The number of nitrogens with zero attached hydrogens (tertiary/aromatic N) is 4. The number of pyridine rings is 1. The van der Waals surface area contributed by atoms with E-state index in [1.54, 1.807) is 15.8 Å². The van der Waals surface area contributed by atoms with E-state index < -0.39 is 0 Å². The molecule has 0 fully saturated rings. The molecule has 3 rings (SSSR count). The highest BCUT2D eigenvalue weighted by molar-refractivity contribution is 5.97. The number of carbonyl (C=O) groups excluding carboxylic acids is 1. The van der Waals surface area contributed by atoms with E-state index in [9.17, 15) is 4.79 Å². The number of fused-ring (bicyclic) bond motifs is 1. The molecule has 0 aliphatic carbocycles. The molecule has 0 saturated heterocycles. The maximum absolute atomic E-state index is 12.9. The molecule has 0 spiro atoms. The first-order valence-corrected chi connectivity index (χ1v) is 8.42. The lowest BCUT2D eigenvalue weighted by Crippen LogP contribution is -2.37. The number of amides is 1. The van der Waals surface area contributed by atoms with Gasteiger partial charge in [-0.25, -0.2) is 4.98 Å². The standard InChI is InChI=1S/C19H23N5O/c1-14-17-12-16(13-21-18(17)23(2)22-14)19(25)24(11-9-20)10-8-15-6-4-3-5-7-15/h3-7,12-13H,8-11,20H2,1-2H3.